The molecule has 1 atom stereocenters. The summed E-state index contributed by atoms with van der Waals surface area (Å²) in [6, 6.07) is 6.81. The van der Waals surface area contributed by atoms with Gasteiger partial charge >= 0.3 is 6.03 Å². The molecule has 29 heavy (non-hydrogen) atoms. The highest BCUT2D eigenvalue weighted by Crippen LogP contribution is 2.28. The Balaban J connectivity index is 1.73. The van der Waals surface area contributed by atoms with E-state index in [9.17, 15) is 13.2 Å². The number of urea groups is 1. The average Bonchev–Trinajstić information content (AvgIpc) is 2.85. The first-order valence-electron chi connectivity index (χ1n) is 9.74. The van der Waals surface area contributed by atoms with E-state index in [1.165, 1.54) is 5.56 Å². The lowest BCUT2D eigenvalue weighted by Gasteiger charge is -2.32. The summed E-state index contributed by atoms with van der Waals surface area (Å²) in [5.41, 5.74) is 2.03. The quantitative estimate of drug-likeness (QED) is 0.441. The fraction of sp³-hybridized carbons (Fsp3) is 0.500. The summed E-state index contributed by atoms with van der Waals surface area (Å²) in [7, 11) is -4.26. The van der Waals surface area contributed by atoms with Gasteiger partial charge in [0.05, 0.1) is 12.6 Å². The van der Waals surface area contributed by atoms with Gasteiger partial charge in [-0.05, 0) is 30.4 Å². The van der Waals surface area contributed by atoms with Crippen molar-refractivity contribution in [2.75, 3.05) is 13.2 Å². The number of carbonyl (C=O) groups is 1. The molecule has 0 saturated carbocycles. The van der Waals surface area contributed by atoms with Crippen molar-refractivity contribution in [1.29, 1.82) is 5.41 Å². The Morgan fingerprint density at radius 3 is 2.76 bits per heavy atom. The molecule has 0 bridgehead atoms. The first-order chi connectivity index (χ1) is 13.7. The van der Waals surface area contributed by atoms with E-state index < -0.39 is 21.0 Å². The van der Waals surface area contributed by atoms with Crippen LogP contribution in [-0.2, 0) is 21.2 Å². The molecule has 1 heterocycles. The molecule has 1 aliphatic carbocycles. The fourth-order valence-corrected chi connectivity index (χ4v) is 4.49. The van der Waals surface area contributed by atoms with Gasteiger partial charge in [-0.3, -0.25) is 0 Å². The fourth-order valence-electron chi connectivity index (χ4n) is 3.55. The van der Waals surface area contributed by atoms with Gasteiger partial charge in [0.25, 0.3) is 10.0 Å². The number of sulfonamides is 1. The van der Waals surface area contributed by atoms with E-state index in [0.29, 0.717) is 19.4 Å². The number of hydrogen-bond acceptors (Lipinski definition) is 6. The first kappa shape index (κ1) is 21.2. The maximum absolute atomic E-state index is 12.7. The van der Waals surface area contributed by atoms with E-state index in [0.717, 1.165) is 31.2 Å². The minimum absolute atomic E-state index is 0.0144. The molecule has 1 aromatic carbocycles. The van der Waals surface area contributed by atoms with Gasteiger partial charge in [-0.1, -0.05) is 44.5 Å². The van der Waals surface area contributed by atoms with Crippen LogP contribution >= 0.6 is 0 Å². The van der Waals surface area contributed by atoms with Gasteiger partial charge < -0.3 is 20.8 Å². The maximum atomic E-state index is 12.7. The third-order valence-electron chi connectivity index (χ3n) is 5.13. The second kappa shape index (κ2) is 8.44. The molecule has 1 aromatic rings. The summed E-state index contributed by atoms with van der Waals surface area (Å²) >= 11 is 0. The molecule has 2 aliphatic rings. The molecule has 4 N–H and O–H groups in total. The average molecular weight is 421 g/mol. The number of ether oxygens (including phenoxy) is 1. The number of carbonyl (C=O) groups excluding carboxylic acids is 1. The topological polar surface area (TPSA) is 120 Å². The second-order valence-corrected chi connectivity index (χ2v) is 9.87. The van der Waals surface area contributed by atoms with Crippen molar-refractivity contribution in [2.45, 2.75) is 45.6 Å². The lowest BCUT2D eigenvalue weighted by Crippen LogP contribution is -2.44. The standard InChI is InChI=1S/C20H28N4O4S/c1-20(2)12-22-18(28-13-20)17(11-21)29(26,27)24-19(25)23-16-10-6-4-8-14-7-3-5-9-15(14)16/h3,5,7,9,11,16,21-22H,4,6,8,10,12-13H2,1-2H3,(H2,23,24,25)/b18-17-,21-11?. The summed E-state index contributed by atoms with van der Waals surface area (Å²) in [5.74, 6) is -0.0144. The van der Waals surface area contributed by atoms with Crippen LogP contribution in [0, 0.1) is 10.8 Å². The minimum Gasteiger partial charge on any atom is -0.478 e. The summed E-state index contributed by atoms with van der Waals surface area (Å²) in [5, 5.41) is 13.2. The molecule has 0 aromatic heterocycles. The monoisotopic (exact) mass is 420 g/mol. The Hall–Kier alpha value is -2.55. The largest absolute Gasteiger partial charge is 0.478 e. The summed E-state index contributed by atoms with van der Waals surface area (Å²) in [4.78, 5) is 12.1. The van der Waals surface area contributed by atoms with Crippen LogP contribution in [0.25, 0.3) is 0 Å². The van der Waals surface area contributed by atoms with Gasteiger partial charge in [-0.15, -0.1) is 0 Å². The van der Waals surface area contributed by atoms with Gasteiger partial charge in [-0.2, -0.15) is 0 Å². The van der Waals surface area contributed by atoms with Crippen LogP contribution in [0.2, 0.25) is 0 Å². The number of hydrogen-bond donors (Lipinski definition) is 4. The highest BCUT2D eigenvalue weighted by Gasteiger charge is 2.31. The van der Waals surface area contributed by atoms with Crippen LogP contribution in [0.4, 0.5) is 4.79 Å². The predicted octanol–water partition coefficient (Wildman–Crippen LogP) is 2.55. The van der Waals surface area contributed by atoms with Crippen molar-refractivity contribution in [3.8, 4) is 0 Å². The molecule has 1 unspecified atom stereocenters. The summed E-state index contributed by atoms with van der Waals surface area (Å²) in [6.45, 7) is 4.77. The Kier molecular flexibility index (Phi) is 6.16. The van der Waals surface area contributed by atoms with Gasteiger partial charge in [0.15, 0.2) is 4.91 Å². The second-order valence-electron chi connectivity index (χ2n) is 8.22. The zero-order valence-electron chi connectivity index (χ0n) is 16.7. The molecule has 0 radical (unpaired) electrons. The highest BCUT2D eigenvalue weighted by atomic mass is 32.2. The molecule has 2 amide bonds. The zero-order chi connectivity index (χ0) is 21.1. The van der Waals surface area contributed by atoms with Crippen molar-refractivity contribution in [2.24, 2.45) is 5.41 Å². The van der Waals surface area contributed by atoms with Crippen LogP contribution in [0.15, 0.2) is 35.1 Å². The van der Waals surface area contributed by atoms with Crippen molar-refractivity contribution >= 4 is 22.3 Å². The molecular formula is C20H28N4O4S. The SMILES string of the molecule is CC1(C)CN/C(=C(\C=N)S(=O)(=O)NC(=O)NC2CCCCc3ccccc32)OC1. The number of rotatable bonds is 4. The molecular weight excluding hydrogens is 392 g/mol. The van der Waals surface area contributed by atoms with Gasteiger partial charge in [0, 0.05) is 18.2 Å². The molecule has 158 valence electrons. The number of aryl methyl sites for hydroxylation is 1. The highest BCUT2D eigenvalue weighted by molar-refractivity contribution is 7.94. The van der Waals surface area contributed by atoms with Crippen LogP contribution in [0.5, 0.6) is 0 Å². The number of amides is 2. The Morgan fingerprint density at radius 2 is 2.07 bits per heavy atom. The van der Waals surface area contributed by atoms with Gasteiger partial charge in [0.1, 0.15) is 0 Å². The third kappa shape index (κ3) is 5.09. The Bertz CT molecular complexity index is 912. The van der Waals surface area contributed by atoms with Crippen molar-refractivity contribution < 1.29 is 17.9 Å². The molecule has 1 fully saturated rings. The lowest BCUT2D eigenvalue weighted by molar-refractivity contribution is 0.0621. The van der Waals surface area contributed by atoms with Gasteiger partial charge in [-0.25, -0.2) is 17.9 Å². The van der Waals surface area contributed by atoms with Crippen molar-refractivity contribution in [3.05, 3.63) is 46.2 Å². The smallest absolute Gasteiger partial charge is 0.329 e. The molecule has 8 nitrogen and oxygen atoms in total. The number of fused-ring (bicyclic) bond motifs is 1. The van der Waals surface area contributed by atoms with E-state index >= 15 is 0 Å². The van der Waals surface area contributed by atoms with Crippen molar-refractivity contribution in [1.82, 2.24) is 15.4 Å². The number of nitrogens with one attached hydrogen (secondary N) is 4. The molecule has 9 heteroatoms. The van der Waals surface area contributed by atoms with Crippen LogP contribution in [0.3, 0.4) is 0 Å². The molecule has 3 rings (SSSR count). The van der Waals surface area contributed by atoms with Crippen molar-refractivity contribution in [3.63, 3.8) is 0 Å². The summed E-state index contributed by atoms with van der Waals surface area (Å²) < 4.78 is 32.9. The normalized spacial score (nSPS) is 22.8. The van der Waals surface area contributed by atoms with E-state index in [4.69, 9.17) is 10.1 Å². The van der Waals surface area contributed by atoms with Crippen LogP contribution in [-0.4, -0.2) is 33.8 Å². The van der Waals surface area contributed by atoms with E-state index in [2.05, 4.69) is 10.6 Å². The first-order valence-corrected chi connectivity index (χ1v) is 11.2. The van der Waals surface area contributed by atoms with E-state index in [1.54, 1.807) is 0 Å². The Morgan fingerprint density at radius 1 is 1.31 bits per heavy atom. The maximum Gasteiger partial charge on any atom is 0.329 e. The number of allylic oxidation sites excluding steroid dienone is 1. The number of benzene rings is 1. The lowest BCUT2D eigenvalue weighted by atomic mass is 9.94. The van der Waals surface area contributed by atoms with E-state index in [1.807, 2.05) is 42.8 Å². The summed E-state index contributed by atoms with van der Waals surface area (Å²) in [6.07, 6.45) is 4.33. The van der Waals surface area contributed by atoms with Crippen LogP contribution < -0.4 is 15.4 Å². The molecule has 0 spiro atoms. The van der Waals surface area contributed by atoms with Crippen LogP contribution in [0.1, 0.15) is 50.3 Å². The molecule has 1 aliphatic heterocycles. The van der Waals surface area contributed by atoms with E-state index in [-0.39, 0.29) is 17.3 Å². The predicted molar refractivity (Wildman–Crippen MR) is 111 cm³/mol. The minimum atomic E-state index is -4.26. The Labute approximate surface area is 171 Å². The third-order valence-corrected chi connectivity index (χ3v) is 6.47. The molecule has 1 saturated heterocycles. The van der Waals surface area contributed by atoms with Gasteiger partial charge in [0.2, 0.25) is 5.88 Å². The zero-order valence-corrected chi connectivity index (χ0v) is 17.6.